The van der Waals surface area contributed by atoms with Gasteiger partial charge in [0.1, 0.15) is 17.0 Å². The molecule has 0 saturated carbocycles. The lowest BCUT2D eigenvalue weighted by Gasteiger charge is -2.43. The highest BCUT2D eigenvalue weighted by Gasteiger charge is 2.43. The van der Waals surface area contributed by atoms with Crippen molar-refractivity contribution in [1.82, 2.24) is 24.9 Å². The summed E-state index contributed by atoms with van der Waals surface area (Å²) in [4.78, 5) is 16.1. The fourth-order valence-electron chi connectivity index (χ4n) is 4.16. The molecule has 1 fully saturated rings. The Hall–Kier alpha value is -2.45. The summed E-state index contributed by atoms with van der Waals surface area (Å²) in [6, 6.07) is 5.91. The van der Waals surface area contributed by atoms with Gasteiger partial charge in [0.05, 0.1) is 23.4 Å². The van der Waals surface area contributed by atoms with E-state index in [1.165, 1.54) is 5.56 Å². The number of ether oxygens (including phenoxy) is 1. The molecule has 5 heterocycles. The lowest BCUT2D eigenvalue weighted by atomic mass is 9.83. The Morgan fingerprint density at radius 1 is 1.37 bits per heavy atom. The fourth-order valence-corrected chi connectivity index (χ4v) is 4.84. The second-order valence-electron chi connectivity index (χ2n) is 7.17. The molecule has 3 aromatic heterocycles. The van der Waals surface area contributed by atoms with E-state index in [0.29, 0.717) is 25.4 Å². The summed E-state index contributed by atoms with van der Waals surface area (Å²) in [5.74, 6) is 0.0308. The van der Waals surface area contributed by atoms with Crippen LogP contribution in [0.3, 0.4) is 0 Å². The summed E-state index contributed by atoms with van der Waals surface area (Å²) in [7, 11) is 1.83. The van der Waals surface area contributed by atoms with E-state index in [1.54, 1.807) is 16.0 Å². The Bertz CT molecular complexity index is 966. The van der Waals surface area contributed by atoms with E-state index < -0.39 is 0 Å². The lowest BCUT2D eigenvalue weighted by Crippen LogP contribution is -2.48. The van der Waals surface area contributed by atoms with Gasteiger partial charge in [0.25, 0.3) is 5.91 Å². The molecule has 0 bridgehead atoms. The van der Waals surface area contributed by atoms with Gasteiger partial charge < -0.3 is 9.64 Å². The van der Waals surface area contributed by atoms with E-state index in [9.17, 15) is 4.79 Å². The highest BCUT2D eigenvalue weighted by atomic mass is 32.1. The Morgan fingerprint density at radius 2 is 2.22 bits per heavy atom. The van der Waals surface area contributed by atoms with Crippen LogP contribution < -0.4 is 0 Å². The molecule has 0 aromatic carbocycles. The van der Waals surface area contributed by atoms with Crippen LogP contribution in [0.15, 0.2) is 29.8 Å². The highest BCUT2D eigenvalue weighted by Crippen LogP contribution is 2.40. The Labute approximate surface area is 160 Å². The second kappa shape index (κ2) is 6.31. The van der Waals surface area contributed by atoms with Crippen LogP contribution in [0.2, 0.25) is 0 Å². The number of hydrogen-bond donors (Lipinski definition) is 1. The summed E-state index contributed by atoms with van der Waals surface area (Å²) in [6.07, 6.45) is 4.36. The molecule has 0 atom stereocenters. The number of piperidine rings is 1. The number of carbonyl (C=O) groups excluding carboxylic acids is 1. The molecule has 7 nitrogen and oxygen atoms in total. The largest absolute Gasteiger partial charge is 0.368 e. The molecule has 140 valence electrons. The van der Waals surface area contributed by atoms with Crippen molar-refractivity contribution in [2.45, 2.75) is 24.9 Å². The summed E-state index contributed by atoms with van der Waals surface area (Å²) in [5, 5.41) is 13.9. The molecule has 2 aliphatic heterocycles. The van der Waals surface area contributed by atoms with Gasteiger partial charge in [-0.2, -0.15) is 10.2 Å². The fraction of sp³-hybridized carbons (Fsp3) is 0.421. The highest BCUT2D eigenvalue weighted by molar-refractivity contribution is 7.13. The van der Waals surface area contributed by atoms with Gasteiger partial charge in [-0.25, -0.2) is 0 Å². The maximum absolute atomic E-state index is 13.1. The molecule has 1 N–H and O–H groups in total. The zero-order valence-electron chi connectivity index (χ0n) is 15.1. The van der Waals surface area contributed by atoms with Crippen molar-refractivity contribution in [2.24, 2.45) is 7.05 Å². The first-order valence-corrected chi connectivity index (χ1v) is 10.1. The van der Waals surface area contributed by atoms with Crippen molar-refractivity contribution < 1.29 is 9.53 Å². The quantitative estimate of drug-likeness (QED) is 0.738. The normalized spacial score (nSPS) is 18.6. The van der Waals surface area contributed by atoms with Crippen LogP contribution in [0.25, 0.3) is 10.6 Å². The van der Waals surface area contributed by atoms with Gasteiger partial charge in [0.2, 0.25) is 0 Å². The first kappa shape index (κ1) is 16.7. The number of likely N-dealkylation sites (tertiary alicyclic amines) is 1. The number of H-pyrrole nitrogens is 1. The predicted molar refractivity (Wildman–Crippen MR) is 102 cm³/mol. The van der Waals surface area contributed by atoms with Gasteiger partial charge in [0, 0.05) is 20.1 Å². The zero-order chi connectivity index (χ0) is 18.4. The number of amides is 1. The monoisotopic (exact) mass is 383 g/mol. The van der Waals surface area contributed by atoms with Crippen molar-refractivity contribution in [3.05, 3.63) is 46.7 Å². The zero-order valence-corrected chi connectivity index (χ0v) is 16.0. The molecule has 1 amide bonds. The molecule has 0 unspecified atom stereocenters. The average Bonchev–Trinajstić information content (AvgIpc) is 3.43. The molecule has 1 saturated heterocycles. The van der Waals surface area contributed by atoms with Crippen molar-refractivity contribution in [1.29, 1.82) is 0 Å². The van der Waals surface area contributed by atoms with Crippen molar-refractivity contribution in [3.63, 3.8) is 0 Å². The third-order valence-electron chi connectivity index (χ3n) is 5.65. The van der Waals surface area contributed by atoms with Gasteiger partial charge in [-0.15, -0.1) is 11.3 Å². The minimum Gasteiger partial charge on any atom is -0.368 e. The third-order valence-corrected chi connectivity index (χ3v) is 6.55. The molecular formula is C19H21N5O2S. The topological polar surface area (TPSA) is 76.0 Å². The number of rotatable bonds is 2. The number of thiophene rings is 1. The molecular weight excluding hydrogens is 362 g/mol. The van der Waals surface area contributed by atoms with E-state index >= 15 is 0 Å². The standard InChI is InChI=1S/C19H21N5O2S/c1-23-15(11-14(22-23)16-3-2-10-27-16)18(25)24-7-5-19(6-8-24)17-13(4-9-26-19)12-20-21-17/h2-3,10-12H,4-9H2,1H3,(H,20,21). The number of aromatic amines is 1. The van der Waals surface area contributed by atoms with E-state index in [2.05, 4.69) is 15.3 Å². The van der Waals surface area contributed by atoms with E-state index in [0.717, 1.165) is 35.5 Å². The molecule has 0 radical (unpaired) electrons. The van der Waals surface area contributed by atoms with Gasteiger partial charge in [-0.05, 0) is 42.3 Å². The number of hydrogen-bond acceptors (Lipinski definition) is 5. The van der Waals surface area contributed by atoms with Crippen LogP contribution in [0, 0.1) is 0 Å². The number of aromatic nitrogens is 4. The Kier molecular flexibility index (Phi) is 3.91. The Balaban J connectivity index is 1.34. The molecule has 8 heteroatoms. The van der Waals surface area contributed by atoms with Gasteiger partial charge >= 0.3 is 0 Å². The van der Waals surface area contributed by atoms with E-state index in [-0.39, 0.29) is 11.5 Å². The summed E-state index contributed by atoms with van der Waals surface area (Å²) >= 11 is 1.63. The smallest absolute Gasteiger partial charge is 0.272 e. The van der Waals surface area contributed by atoms with Crippen molar-refractivity contribution in [2.75, 3.05) is 19.7 Å². The lowest BCUT2D eigenvalue weighted by molar-refractivity contribution is -0.0962. The average molecular weight is 383 g/mol. The minimum absolute atomic E-state index is 0.0308. The van der Waals surface area contributed by atoms with Crippen LogP contribution in [0.4, 0.5) is 0 Å². The van der Waals surface area contributed by atoms with Gasteiger partial charge in [0.15, 0.2) is 0 Å². The van der Waals surface area contributed by atoms with Gasteiger partial charge in [-0.3, -0.25) is 14.6 Å². The van der Waals surface area contributed by atoms with Crippen LogP contribution in [-0.4, -0.2) is 50.5 Å². The molecule has 3 aromatic rings. The predicted octanol–water partition coefficient (Wildman–Crippen LogP) is 2.58. The second-order valence-corrected chi connectivity index (χ2v) is 8.12. The van der Waals surface area contributed by atoms with Crippen LogP contribution in [-0.2, 0) is 23.8 Å². The van der Waals surface area contributed by atoms with Crippen LogP contribution >= 0.6 is 11.3 Å². The number of nitrogens with zero attached hydrogens (tertiary/aromatic N) is 4. The van der Waals surface area contributed by atoms with E-state index in [1.807, 2.05) is 41.7 Å². The van der Waals surface area contributed by atoms with Crippen LogP contribution in [0.5, 0.6) is 0 Å². The maximum atomic E-state index is 13.1. The SMILES string of the molecule is Cn1nc(-c2cccs2)cc1C(=O)N1CCC2(CC1)OCCc1cn[nH]c12. The third kappa shape index (κ3) is 2.71. The summed E-state index contributed by atoms with van der Waals surface area (Å²) in [5.41, 5.74) is 3.49. The molecule has 27 heavy (non-hydrogen) atoms. The maximum Gasteiger partial charge on any atom is 0.272 e. The Morgan fingerprint density at radius 3 is 3.00 bits per heavy atom. The molecule has 2 aliphatic rings. The van der Waals surface area contributed by atoms with Crippen molar-refractivity contribution >= 4 is 17.2 Å². The van der Waals surface area contributed by atoms with Gasteiger partial charge in [-0.1, -0.05) is 6.07 Å². The minimum atomic E-state index is -0.324. The number of carbonyl (C=O) groups is 1. The summed E-state index contributed by atoms with van der Waals surface area (Å²) in [6.45, 7) is 2.04. The molecule has 1 spiro atoms. The van der Waals surface area contributed by atoms with Crippen LogP contribution in [0.1, 0.15) is 34.6 Å². The first-order chi connectivity index (χ1) is 13.2. The van der Waals surface area contributed by atoms with E-state index in [4.69, 9.17) is 4.74 Å². The number of nitrogens with one attached hydrogen (secondary N) is 1. The molecule has 5 rings (SSSR count). The first-order valence-electron chi connectivity index (χ1n) is 9.20. The summed E-state index contributed by atoms with van der Waals surface area (Å²) < 4.78 is 7.86. The van der Waals surface area contributed by atoms with Crippen molar-refractivity contribution in [3.8, 4) is 10.6 Å². The number of fused-ring (bicyclic) bond motifs is 2. The molecule has 0 aliphatic carbocycles. The number of aryl methyl sites for hydroxylation is 1.